The average molecular weight is 266 g/mol. The summed E-state index contributed by atoms with van der Waals surface area (Å²) in [6, 6.07) is 0. The third kappa shape index (κ3) is 5.42. The van der Waals surface area contributed by atoms with E-state index in [-0.39, 0.29) is 0 Å². The van der Waals surface area contributed by atoms with Crippen LogP contribution in [0.1, 0.15) is 80.1 Å². The molecule has 0 aliphatic carbocycles. The molecule has 0 aromatic rings. The van der Waals surface area contributed by atoms with Gasteiger partial charge < -0.3 is 4.74 Å². The van der Waals surface area contributed by atoms with E-state index in [0.717, 1.165) is 0 Å². The predicted octanol–water partition coefficient (Wildman–Crippen LogP) is 6.46. The number of hydrogen-bond donors (Lipinski definition) is 0. The summed E-state index contributed by atoms with van der Waals surface area (Å²) in [5.41, 5.74) is 0.621. The van der Waals surface area contributed by atoms with E-state index in [1.54, 1.807) is 0 Å². The lowest BCUT2D eigenvalue weighted by Crippen LogP contribution is -2.14. The SMILES string of the molecule is CCC(C=COC=CC(CC)(CC)CC)(CC)CC. The second kappa shape index (κ2) is 9.23. The number of allylic oxidation sites excluding steroid dienone is 2. The van der Waals surface area contributed by atoms with Gasteiger partial charge in [-0.25, -0.2) is 0 Å². The Balaban J connectivity index is 4.50. The molecule has 0 saturated heterocycles. The molecule has 112 valence electrons. The maximum absolute atomic E-state index is 5.59. The number of hydrogen-bond acceptors (Lipinski definition) is 1. The summed E-state index contributed by atoms with van der Waals surface area (Å²) in [7, 11) is 0. The first-order valence-electron chi connectivity index (χ1n) is 8.08. The lowest BCUT2D eigenvalue weighted by atomic mass is 9.80. The van der Waals surface area contributed by atoms with E-state index in [0.29, 0.717) is 10.8 Å². The van der Waals surface area contributed by atoms with Crippen molar-refractivity contribution < 1.29 is 4.74 Å². The van der Waals surface area contributed by atoms with Gasteiger partial charge >= 0.3 is 0 Å². The smallest absolute Gasteiger partial charge is 0.0866 e. The van der Waals surface area contributed by atoms with E-state index in [9.17, 15) is 0 Å². The molecule has 0 amide bonds. The molecule has 0 spiro atoms. The molecule has 0 radical (unpaired) electrons. The van der Waals surface area contributed by atoms with Crippen LogP contribution in [0.4, 0.5) is 0 Å². The van der Waals surface area contributed by atoms with Crippen molar-refractivity contribution in [2.45, 2.75) is 80.1 Å². The highest BCUT2D eigenvalue weighted by atomic mass is 16.5. The standard InChI is InChI=1S/C18H34O/c1-7-17(8-2,9-3)13-15-19-16-14-18(10-4,11-5)12-6/h13-16H,7-12H2,1-6H3. The van der Waals surface area contributed by atoms with Crippen LogP contribution in [0.3, 0.4) is 0 Å². The van der Waals surface area contributed by atoms with Gasteiger partial charge in [0.1, 0.15) is 0 Å². The van der Waals surface area contributed by atoms with Crippen LogP contribution in [0.25, 0.3) is 0 Å². The van der Waals surface area contributed by atoms with Crippen LogP contribution in [0.5, 0.6) is 0 Å². The molecule has 1 nitrogen and oxygen atoms in total. The first kappa shape index (κ1) is 18.3. The van der Waals surface area contributed by atoms with Crippen molar-refractivity contribution in [2.24, 2.45) is 10.8 Å². The van der Waals surface area contributed by atoms with Crippen LogP contribution in [0.2, 0.25) is 0 Å². The quantitative estimate of drug-likeness (QED) is 0.412. The van der Waals surface area contributed by atoms with Crippen molar-refractivity contribution >= 4 is 0 Å². The zero-order chi connectivity index (χ0) is 14.8. The van der Waals surface area contributed by atoms with Crippen LogP contribution < -0.4 is 0 Å². The molecule has 0 aromatic carbocycles. The van der Waals surface area contributed by atoms with Crippen molar-refractivity contribution in [3.63, 3.8) is 0 Å². The molecule has 0 bridgehead atoms. The molecule has 19 heavy (non-hydrogen) atoms. The molecule has 0 unspecified atom stereocenters. The van der Waals surface area contributed by atoms with Gasteiger partial charge in [-0.2, -0.15) is 0 Å². The lowest BCUT2D eigenvalue weighted by molar-refractivity contribution is 0.305. The fraction of sp³-hybridized carbons (Fsp3) is 0.778. The number of ether oxygens (including phenoxy) is 1. The Bertz CT molecular complexity index is 223. The molecule has 0 aromatic heterocycles. The Morgan fingerprint density at radius 2 is 0.842 bits per heavy atom. The third-order valence-electron chi connectivity index (χ3n) is 5.23. The summed E-state index contributed by atoms with van der Waals surface area (Å²) in [5, 5.41) is 0. The molecular formula is C18H34O. The molecule has 0 rings (SSSR count). The predicted molar refractivity (Wildman–Crippen MR) is 86.0 cm³/mol. The first-order chi connectivity index (χ1) is 9.07. The van der Waals surface area contributed by atoms with E-state index < -0.39 is 0 Å². The number of rotatable bonds is 10. The van der Waals surface area contributed by atoms with Gasteiger partial charge in [-0.05, 0) is 61.5 Å². The summed E-state index contributed by atoms with van der Waals surface area (Å²) in [6.45, 7) is 13.5. The fourth-order valence-corrected chi connectivity index (χ4v) is 2.62. The van der Waals surface area contributed by atoms with E-state index in [4.69, 9.17) is 4.74 Å². The molecule has 0 heterocycles. The fourth-order valence-electron chi connectivity index (χ4n) is 2.62. The highest BCUT2D eigenvalue weighted by Crippen LogP contribution is 2.33. The normalized spacial score (nSPS) is 13.6. The Labute approximate surface area is 121 Å². The molecule has 0 fully saturated rings. The van der Waals surface area contributed by atoms with Crippen LogP contribution in [-0.4, -0.2) is 0 Å². The van der Waals surface area contributed by atoms with Gasteiger partial charge in [0, 0.05) is 0 Å². The van der Waals surface area contributed by atoms with Crippen molar-refractivity contribution in [1.82, 2.24) is 0 Å². The van der Waals surface area contributed by atoms with Gasteiger partial charge in [0.2, 0.25) is 0 Å². The Hall–Kier alpha value is -0.720. The monoisotopic (exact) mass is 266 g/mol. The van der Waals surface area contributed by atoms with Crippen molar-refractivity contribution in [3.05, 3.63) is 24.7 Å². The maximum atomic E-state index is 5.59. The highest BCUT2D eigenvalue weighted by Gasteiger charge is 2.21. The summed E-state index contributed by atoms with van der Waals surface area (Å²) in [6.07, 6.45) is 15.3. The van der Waals surface area contributed by atoms with E-state index >= 15 is 0 Å². The molecule has 0 N–H and O–H groups in total. The van der Waals surface area contributed by atoms with Crippen LogP contribution >= 0.6 is 0 Å². The molecule has 0 saturated carbocycles. The van der Waals surface area contributed by atoms with Gasteiger partial charge in [-0.1, -0.05) is 41.5 Å². The lowest BCUT2D eigenvalue weighted by Gasteiger charge is -2.26. The van der Waals surface area contributed by atoms with E-state index in [2.05, 4.69) is 53.7 Å². The van der Waals surface area contributed by atoms with Gasteiger partial charge in [-0.3, -0.25) is 0 Å². The second-order valence-corrected chi connectivity index (χ2v) is 5.59. The Morgan fingerprint density at radius 3 is 1.05 bits per heavy atom. The highest BCUT2D eigenvalue weighted by molar-refractivity contribution is 4.98. The van der Waals surface area contributed by atoms with E-state index in [1.807, 2.05) is 12.5 Å². The summed E-state index contributed by atoms with van der Waals surface area (Å²) in [4.78, 5) is 0. The van der Waals surface area contributed by atoms with Crippen molar-refractivity contribution in [2.75, 3.05) is 0 Å². The largest absolute Gasteiger partial charge is 0.473 e. The summed E-state index contributed by atoms with van der Waals surface area (Å²) >= 11 is 0. The van der Waals surface area contributed by atoms with Gasteiger partial charge in [0.05, 0.1) is 12.5 Å². The molecular weight excluding hydrogens is 232 g/mol. The Kier molecular flexibility index (Phi) is 8.88. The van der Waals surface area contributed by atoms with Gasteiger partial charge in [0.25, 0.3) is 0 Å². The molecule has 1 heteroatoms. The van der Waals surface area contributed by atoms with Crippen LogP contribution in [-0.2, 0) is 4.74 Å². The zero-order valence-electron chi connectivity index (χ0n) is 14.0. The summed E-state index contributed by atoms with van der Waals surface area (Å²) in [5.74, 6) is 0. The molecule has 0 aliphatic rings. The molecule has 0 atom stereocenters. The average Bonchev–Trinajstić information content (AvgIpc) is 2.48. The summed E-state index contributed by atoms with van der Waals surface area (Å²) < 4.78 is 5.59. The molecule has 0 aliphatic heterocycles. The van der Waals surface area contributed by atoms with Crippen LogP contribution in [0.15, 0.2) is 24.7 Å². The van der Waals surface area contributed by atoms with Crippen molar-refractivity contribution in [1.29, 1.82) is 0 Å². The second-order valence-electron chi connectivity index (χ2n) is 5.59. The minimum atomic E-state index is 0.311. The Morgan fingerprint density at radius 1 is 0.579 bits per heavy atom. The minimum absolute atomic E-state index is 0.311. The first-order valence-corrected chi connectivity index (χ1v) is 8.08. The minimum Gasteiger partial charge on any atom is -0.473 e. The van der Waals surface area contributed by atoms with Gasteiger partial charge in [0.15, 0.2) is 0 Å². The van der Waals surface area contributed by atoms with Crippen LogP contribution in [0, 0.1) is 10.8 Å². The maximum Gasteiger partial charge on any atom is 0.0866 e. The zero-order valence-corrected chi connectivity index (χ0v) is 14.0. The van der Waals surface area contributed by atoms with Crippen molar-refractivity contribution in [3.8, 4) is 0 Å². The topological polar surface area (TPSA) is 9.23 Å². The van der Waals surface area contributed by atoms with Gasteiger partial charge in [-0.15, -0.1) is 0 Å². The third-order valence-corrected chi connectivity index (χ3v) is 5.23. The van der Waals surface area contributed by atoms with E-state index in [1.165, 1.54) is 38.5 Å².